The lowest BCUT2D eigenvalue weighted by Gasteiger charge is -2.17. The maximum absolute atomic E-state index is 12.5. The zero-order chi connectivity index (χ0) is 16.8. The van der Waals surface area contributed by atoms with Crippen molar-refractivity contribution in [1.29, 1.82) is 0 Å². The van der Waals surface area contributed by atoms with Crippen LogP contribution in [-0.2, 0) is 6.54 Å². The summed E-state index contributed by atoms with van der Waals surface area (Å²) in [6.07, 6.45) is 5.49. The van der Waals surface area contributed by atoms with Crippen LogP contribution < -0.4 is 0 Å². The van der Waals surface area contributed by atoms with Gasteiger partial charge in [-0.05, 0) is 23.8 Å². The summed E-state index contributed by atoms with van der Waals surface area (Å²) in [5, 5.41) is 12.5. The maximum Gasteiger partial charge on any atom is 0.178 e. The van der Waals surface area contributed by atoms with E-state index >= 15 is 0 Å². The van der Waals surface area contributed by atoms with Crippen molar-refractivity contribution in [2.75, 3.05) is 0 Å². The molecule has 0 aliphatic heterocycles. The first-order chi connectivity index (χ1) is 11.8. The van der Waals surface area contributed by atoms with Crippen LogP contribution in [0.5, 0.6) is 0 Å². The van der Waals surface area contributed by atoms with Gasteiger partial charge in [0.1, 0.15) is 6.04 Å². The van der Waals surface area contributed by atoms with Crippen LogP contribution in [0.4, 0.5) is 0 Å². The molecule has 24 heavy (non-hydrogen) atoms. The van der Waals surface area contributed by atoms with E-state index in [1.165, 1.54) is 0 Å². The average Bonchev–Trinajstić information content (AvgIpc) is 3.10. The molecule has 0 spiro atoms. The molecule has 1 atom stereocenters. The molecule has 0 aliphatic carbocycles. The highest BCUT2D eigenvalue weighted by Gasteiger charge is 2.16. The van der Waals surface area contributed by atoms with Crippen LogP contribution in [0.2, 0.25) is 0 Å². The molecule has 1 heterocycles. The molecule has 3 rings (SSSR count). The van der Waals surface area contributed by atoms with Crippen LogP contribution in [0.3, 0.4) is 0 Å². The average molecular weight is 316 g/mol. The van der Waals surface area contributed by atoms with Crippen molar-refractivity contribution in [1.82, 2.24) is 4.57 Å². The van der Waals surface area contributed by atoms with Crippen LogP contribution in [0.15, 0.2) is 85.6 Å². The molecule has 0 aliphatic rings. The summed E-state index contributed by atoms with van der Waals surface area (Å²) in [5.41, 5.74) is 3.03. The second-order valence-corrected chi connectivity index (χ2v) is 5.61. The Balaban J connectivity index is 1.96. The van der Waals surface area contributed by atoms with Gasteiger partial charge < -0.3 is 9.77 Å². The lowest BCUT2D eigenvalue weighted by atomic mass is 10.1. The number of benzene rings is 2. The van der Waals surface area contributed by atoms with Gasteiger partial charge in [0, 0.05) is 17.5 Å². The largest absolute Gasteiger partial charge is 0.624 e. The van der Waals surface area contributed by atoms with Crippen molar-refractivity contribution in [3.8, 4) is 0 Å². The summed E-state index contributed by atoms with van der Waals surface area (Å²) >= 11 is 0. The number of hydroxylamine groups is 1. The molecule has 0 fully saturated rings. The van der Waals surface area contributed by atoms with Gasteiger partial charge in [0.2, 0.25) is 0 Å². The number of hydrogen-bond donors (Lipinski definition) is 0. The second-order valence-electron chi connectivity index (χ2n) is 5.61. The smallest absolute Gasteiger partial charge is 0.178 e. The van der Waals surface area contributed by atoms with E-state index in [1.54, 1.807) is 12.3 Å². The highest BCUT2D eigenvalue weighted by molar-refractivity contribution is 5.65. The zero-order valence-electron chi connectivity index (χ0n) is 13.5. The van der Waals surface area contributed by atoms with Crippen molar-refractivity contribution in [2.24, 2.45) is 0 Å². The Morgan fingerprint density at radius 2 is 1.62 bits per heavy atom. The Kier molecular flexibility index (Phi) is 4.92. The molecule has 1 aromatic heterocycles. The highest BCUT2D eigenvalue weighted by atomic mass is 16.5. The van der Waals surface area contributed by atoms with Crippen LogP contribution in [0, 0.1) is 5.21 Å². The Hall–Kier alpha value is -3.07. The third-order valence-electron chi connectivity index (χ3n) is 3.95. The van der Waals surface area contributed by atoms with E-state index in [0.29, 0.717) is 6.54 Å². The van der Waals surface area contributed by atoms with Gasteiger partial charge in [-0.25, -0.2) is 4.74 Å². The minimum absolute atomic E-state index is 0.171. The molecule has 2 aromatic carbocycles. The Morgan fingerprint density at radius 3 is 2.29 bits per heavy atom. The monoisotopic (exact) mass is 316 g/mol. The van der Waals surface area contributed by atoms with E-state index in [0.717, 1.165) is 21.6 Å². The molecule has 0 bridgehead atoms. The summed E-state index contributed by atoms with van der Waals surface area (Å²) < 4.78 is 3.05. The topological polar surface area (TPSA) is 31.0 Å². The molecule has 0 unspecified atom stereocenters. The summed E-state index contributed by atoms with van der Waals surface area (Å²) in [5.74, 6) is 0. The van der Waals surface area contributed by atoms with E-state index in [4.69, 9.17) is 0 Å². The van der Waals surface area contributed by atoms with Gasteiger partial charge in [-0.3, -0.25) is 0 Å². The Labute approximate surface area is 142 Å². The van der Waals surface area contributed by atoms with E-state index in [2.05, 4.69) is 11.1 Å². The predicted octanol–water partition coefficient (Wildman–Crippen LogP) is 4.50. The highest BCUT2D eigenvalue weighted by Crippen LogP contribution is 2.20. The number of nitrogens with zero attached hydrogens (tertiary/aromatic N) is 2. The fourth-order valence-electron chi connectivity index (χ4n) is 2.78. The van der Waals surface area contributed by atoms with E-state index in [1.807, 2.05) is 79.0 Å². The summed E-state index contributed by atoms with van der Waals surface area (Å²) in [7, 11) is 0. The van der Waals surface area contributed by atoms with E-state index in [9.17, 15) is 5.21 Å². The molecule has 0 radical (unpaired) electrons. The number of hydrogen-bond acceptors (Lipinski definition) is 1. The van der Waals surface area contributed by atoms with Gasteiger partial charge in [-0.2, -0.15) is 0 Å². The molecular weight excluding hydrogens is 296 g/mol. The number of aromatic nitrogens is 1. The van der Waals surface area contributed by atoms with Gasteiger partial charge >= 0.3 is 0 Å². The van der Waals surface area contributed by atoms with E-state index in [-0.39, 0.29) is 6.04 Å². The molecule has 0 saturated heterocycles. The molecule has 0 saturated carbocycles. The molecule has 0 N–H and O–H groups in total. The zero-order valence-corrected chi connectivity index (χ0v) is 13.5. The van der Waals surface area contributed by atoms with Crippen molar-refractivity contribution < 1.29 is 4.74 Å². The minimum Gasteiger partial charge on any atom is -0.624 e. The maximum atomic E-state index is 12.5. The van der Waals surface area contributed by atoms with Gasteiger partial charge in [0.25, 0.3) is 0 Å². The second kappa shape index (κ2) is 7.47. The van der Waals surface area contributed by atoms with Gasteiger partial charge in [0.15, 0.2) is 12.8 Å². The van der Waals surface area contributed by atoms with Crippen molar-refractivity contribution in [3.63, 3.8) is 0 Å². The first-order valence-corrected chi connectivity index (χ1v) is 7.95. The lowest BCUT2D eigenvalue weighted by Crippen LogP contribution is -2.18. The third-order valence-corrected chi connectivity index (χ3v) is 3.95. The fourth-order valence-corrected chi connectivity index (χ4v) is 2.78. The van der Waals surface area contributed by atoms with Crippen molar-refractivity contribution in [2.45, 2.75) is 12.6 Å². The summed E-state index contributed by atoms with van der Waals surface area (Å²) in [6, 6.07) is 23.6. The fraction of sp³-hybridized carbons (Fsp3) is 0.0952. The summed E-state index contributed by atoms with van der Waals surface area (Å²) in [4.78, 5) is 0. The van der Waals surface area contributed by atoms with E-state index < -0.39 is 0 Å². The number of rotatable bonds is 6. The summed E-state index contributed by atoms with van der Waals surface area (Å²) in [6.45, 7) is 4.19. The molecule has 3 nitrogen and oxygen atoms in total. The minimum atomic E-state index is -0.171. The SMILES string of the molecule is C=Cc1cccn1[C@H](/C=[N+](\[O-])Cc1ccccc1)c1ccccc1. The molecule has 3 heteroatoms. The van der Waals surface area contributed by atoms with Crippen LogP contribution in [0.1, 0.15) is 22.9 Å². The molecular formula is C21H20N2O. The Morgan fingerprint density at radius 1 is 0.958 bits per heavy atom. The van der Waals surface area contributed by atoms with Crippen LogP contribution >= 0.6 is 0 Å². The first kappa shape index (κ1) is 15.8. The lowest BCUT2D eigenvalue weighted by molar-refractivity contribution is -0.471. The van der Waals surface area contributed by atoms with Gasteiger partial charge in [-0.1, -0.05) is 67.2 Å². The molecule has 3 aromatic rings. The van der Waals surface area contributed by atoms with Gasteiger partial charge in [0.05, 0.1) is 0 Å². The molecule has 0 amide bonds. The first-order valence-electron chi connectivity index (χ1n) is 7.95. The van der Waals surface area contributed by atoms with Crippen molar-refractivity contribution in [3.05, 3.63) is 108 Å². The van der Waals surface area contributed by atoms with Gasteiger partial charge in [-0.15, -0.1) is 0 Å². The molecule has 120 valence electrons. The van der Waals surface area contributed by atoms with Crippen molar-refractivity contribution >= 4 is 12.3 Å². The Bertz CT molecular complexity index is 819. The quantitative estimate of drug-likeness (QED) is 0.285. The normalized spacial score (nSPS) is 12.8. The third kappa shape index (κ3) is 3.63. The predicted molar refractivity (Wildman–Crippen MR) is 98.9 cm³/mol. The van der Waals surface area contributed by atoms with Crippen LogP contribution in [-0.4, -0.2) is 15.5 Å². The van der Waals surface area contributed by atoms with Crippen LogP contribution in [0.25, 0.3) is 6.08 Å². The standard InChI is InChI=1S/C21H20N2O/c1-2-20-14-9-15-23(20)21(19-12-7-4-8-13-19)17-22(24)16-18-10-5-3-6-11-18/h2-15,17,21H,1,16H2/b22-17-/t21-/m1/s1.